The van der Waals surface area contributed by atoms with E-state index in [4.69, 9.17) is 4.74 Å². The molecule has 0 aliphatic rings. The SMILES string of the molecule is COc1cc(CCNC(=O)CCCN(C)S(=O)(=O)c2ccc(F)cc2)ccc1OC(F)F. The molecule has 0 saturated carbocycles. The van der Waals surface area contributed by atoms with Gasteiger partial charge in [0.25, 0.3) is 0 Å². The van der Waals surface area contributed by atoms with Crippen LogP contribution in [0.25, 0.3) is 0 Å². The smallest absolute Gasteiger partial charge is 0.387 e. The summed E-state index contributed by atoms with van der Waals surface area (Å²) >= 11 is 0. The zero-order valence-electron chi connectivity index (χ0n) is 17.7. The molecule has 0 aromatic heterocycles. The van der Waals surface area contributed by atoms with Crippen molar-refractivity contribution in [3.8, 4) is 11.5 Å². The Labute approximate surface area is 185 Å². The quantitative estimate of drug-likeness (QED) is 0.511. The maximum absolute atomic E-state index is 13.0. The molecule has 0 fully saturated rings. The number of nitrogens with zero attached hydrogens (tertiary/aromatic N) is 1. The fourth-order valence-electron chi connectivity index (χ4n) is 2.86. The molecule has 1 amide bonds. The van der Waals surface area contributed by atoms with Crippen molar-refractivity contribution in [3.63, 3.8) is 0 Å². The van der Waals surface area contributed by atoms with Gasteiger partial charge in [0.1, 0.15) is 5.82 Å². The van der Waals surface area contributed by atoms with Crippen molar-refractivity contribution in [2.45, 2.75) is 30.8 Å². The first kappa shape index (κ1) is 25.5. The molecule has 2 aromatic carbocycles. The number of rotatable bonds is 12. The lowest BCUT2D eigenvalue weighted by Gasteiger charge is -2.17. The zero-order valence-corrected chi connectivity index (χ0v) is 18.5. The molecule has 0 unspecified atom stereocenters. The Bertz CT molecular complexity index is 1000. The van der Waals surface area contributed by atoms with Gasteiger partial charge < -0.3 is 14.8 Å². The number of hydrogen-bond acceptors (Lipinski definition) is 5. The van der Waals surface area contributed by atoms with Gasteiger partial charge in [-0.15, -0.1) is 0 Å². The number of nitrogens with one attached hydrogen (secondary N) is 1. The summed E-state index contributed by atoms with van der Waals surface area (Å²) in [5.41, 5.74) is 0.758. The third kappa shape index (κ3) is 7.41. The van der Waals surface area contributed by atoms with E-state index in [0.717, 1.165) is 22.0 Å². The molecule has 11 heteroatoms. The minimum atomic E-state index is -3.76. The van der Waals surface area contributed by atoms with Crippen molar-refractivity contribution >= 4 is 15.9 Å². The Morgan fingerprint density at radius 2 is 1.81 bits per heavy atom. The van der Waals surface area contributed by atoms with Crippen molar-refractivity contribution in [1.82, 2.24) is 9.62 Å². The number of ether oxygens (including phenoxy) is 2. The van der Waals surface area contributed by atoms with Gasteiger partial charge in [-0.05, 0) is 54.8 Å². The highest BCUT2D eigenvalue weighted by atomic mass is 32.2. The number of methoxy groups -OCH3 is 1. The Morgan fingerprint density at radius 1 is 1.12 bits per heavy atom. The van der Waals surface area contributed by atoms with E-state index >= 15 is 0 Å². The highest BCUT2D eigenvalue weighted by Gasteiger charge is 2.20. The third-order valence-corrected chi connectivity index (χ3v) is 6.45. The second-order valence-corrected chi connectivity index (χ2v) is 8.89. The van der Waals surface area contributed by atoms with Crippen LogP contribution in [-0.2, 0) is 21.2 Å². The van der Waals surface area contributed by atoms with Crippen LogP contribution in [0, 0.1) is 5.82 Å². The standard InChI is InChI=1S/C21H25F3N2O5S/c1-26(32(28,29)17-8-6-16(22)7-9-17)13-3-4-20(27)25-12-11-15-5-10-18(31-21(23)24)19(14-15)30-2/h5-10,14,21H,3-4,11-13H2,1-2H3,(H,25,27). The minimum Gasteiger partial charge on any atom is -0.493 e. The molecule has 0 spiro atoms. The Kier molecular flexibility index (Phi) is 9.33. The first-order chi connectivity index (χ1) is 15.1. The van der Waals surface area contributed by atoms with Crippen LogP contribution in [-0.4, -0.2) is 52.5 Å². The monoisotopic (exact) mass is 474 g/mol. The van der Waals surface area contributed by atoms with E-state index in [9.17, 15) is 26.4 Å². The van der Waals surface area contributed by atoms with Crippen LogP contribution in [0.3, 0.4) is 0 Å². The molecule has 2 aromatic rings. The number of amides is 1. The van der Waals surface area contributed by atoms with Gasteiger partial charge >= 0.3 is 6.61 Å². The van der Waals surface area contributed by atoms with E-state index in [-0.39, 0.29) is 35.3 Å². The molecule has 0 bridgehead atoms. The fraction of sp³-hybridized carbons (Fsp3) is 0.381. The molecule has 176 valence electrons. The summed E-state index contributed by atoms with van der Waals surface area (Å²) in [5.74, 6) is -0.684. The van der Waals surface area contributed by atoms with Gasteiger partial charge in [0.05, 0.1) is 12.0 Å². The molecule has 1 N–H and O–H groups in total. The molecule has 32 heavy (non-hydrogen) atoms. The molecule has 0 saturated heterocycles. The van der Waals surface area contributed by atoms with Crippen LogP contribution in [0.1, 0.15) is 18.4 Å². The van der Waals surface area contributed by atoms with Gasteiger partial charge in [0.15, 0.2) is 11.5 Å². The summed E-state index contributed by atoms with van der Waals surface area (Å²) in [7, 11) is -1.02. The molecule has 0 radical (unpaired) electrons. The maximum Gasteiger partial charge on any atom is 0.387 e. The van der Waals surface area contributed by atoms with Crippen molar-refractivity contribution in [3.05, 3.63) is 53.8 Å². The fourth-order valence-corrected chi connectivity index (χ4v) is 4.07. The van der Waals surface area contributed by atoms with Crippen molar-refractivity contribution in [1.29, 1.82) is 0 Å². The number of alkyl halides is 2. The molecular weight excluding hydrogens is 449 g/mol. The predicted octanol–water partition coefficient (Wildman–Crippen LogP) is 3.20. The van der Waals surface area contributed by atoms with Gasteiger partial charge in [0.2, 0.25) is 15.9 Å². The van der Waals surface area contributed by atoms with Gasteiger partial charge in [-0.3, -0.25) is 4.79 Å². The summed E-state index contributed by atoms with van der Waals surface area (Å²) in [6, 6.07) is 9.05. The summed E-state index contributed by atoms with van der Waals surface area (Å²) in [5, 5.41) is 2.73. The number of halogens is 3. The number of carbonyl (C=O) groups is 1. The highest BCUT2D eigenvalue weighted by molar-refractivity contribution is 7.89. The van der Waals surface area contributed by atoms with Crippen molar-refractivity contribution in [2.75, 3.05) is 27.2 Å². The largest absolute Gasteiger partial charge is 0.493 e. The normalized spacial score (nSPS) is 11.6. The minimum absolute atomic E-state index is 0.0220. The molecule has 0 heterocycles. The summed E-state index contributed by atoms with van der Waals surface area (Å²) in [6.45, 7) is -2.53. The average Bonchev–Trinajstić information content (AvgIpc) is 2.74. The number of hydrogen-bond donors (Lipinski definition) is 1. The lowest BCUT2D eigenvalue weighted by molar-refractivity contribution is -0.121. The number of benzene rings is 2. The molecule has 2 rings (SSSR count). The van der Waals surface area contributed by atoms with Crippen LogP contribution in [0.5, 0.6) is 11.5 Å². The third-order valence-electron chi connectivity index (χ3n) is 4.58. The highest BCUT2D eigenvalue weighted by Crippen LogP contribution is 2.29. The maximum atomic E-state index is 13.0. The first-order valence-electron chi connectivity index (χ1n) is 9.74. The van der Waals surface area contributed by atoms with Gasteiger partial charge in [-0.1, -0.05) is 6.07 Å². The van der Waals surface area contributed by atoms with Crippen LogP contribution in [0.2, 0.25) is 0 Å². The summed E-state index contributed by atoms with van der Waals surface area (Å²) in [6.07, 6.45) is 0.861. The number of carbonyl (C=O) groups excluding carboxylic acids is 1. The molecular formula is C21H25F3N2O5S. The van der Waals surface area contributed by atoms with E-state index in [0.29, 0.717) is 19.4 Å². The second-order valence-electron chi connectivity index (χ2n) is 6.85. The van der Waals surface area contributed by atoms with Gasteiger partial charge in [-0.25, -0.2) is 17.1 Å². The van der Waals surface area contributed by atoms with E-state index < -0.39 is 22.5 Å². The molecule has 0 aliphatic carbocycles. The van der Waals surface area contributed by atoms with Crippen LogP contribution in [0.4, 0.5) is 13.2 Å². The van der Waals surface area contributed by atoms with E-state index in [1.807, 2.05) is 0 Å². The zero-order chi connectivity index (χ0) is 23.7. The van der Waals surface area contributed by atoms with Gasteiger partial charge in [0, 0.05) is 26.6 Å². The molecule has 0 aliphatic heterocycles. The lowest BCUT2D eigenvalue weighted by atomic mass is 10.1. The van der Waals surface area contributed by atoms with Crippen LogP contribution in [0.15, 0.2) is 47.4 Å². The Hall–Kier alpha value is -2.79. The molecule has 7 nitrogen and oxygen atoms in total. The van der Waals surface area contributed by atoms with E-state index in [2.05, 4.69) is 10.1 Å². The summed E-state index contributed by atoms with van der Waals surface area (Å²) in [4.78, 5) is 12.0. The van der Waals surface area contributed by atoms with E-state index in [1.165, 1.54) is 32.4 Å². The Morgan fingerprint density at radius 3 is 2.44 bits per heavy atom. The van der Waals surface area contributed by atoms with Crippen molar-refractivity contribution < 1.29 is 35.9 Å². The van der Waals surface area contributed by atoms with Crippen molar-refractivity contribution in [2.24, 2.45) is 0 Å². The van der Waals surface area contributed by atoms with Crippen LogP contribution < -0.4 is 14.8 Å². The number of sulfonamides is 1. The summed E-state index contributed by atoms with van der Waals surface area (Å²) < 4.78 is 73.1. The topological polar surface area (TPSA) is 84.9 Å². The first-order valence-corrected chi connectivity index (χ1v) is 11.2. The second kappa shape index (κ2) is 11.7. The predicted molar refractivity (Wildman–Crippen MR) is 112 cm³/mol. The van der Waals surface area contributed by atoms with Crippen LogP contribution >= 0.6 is 0 Å². The Balaban J connectivity index is 1.76. The van der Waals surface area contributed by atoms with Gasteiger partial charge in [-0.2, -0.15) is 8.78 Å². The average molecular weight is 475 g/mol. The molecule has 0 atom stereocenters. The van der Waals surface area contributed by atoms with E-state index in [1.54, 1.807) is 12.1 Å². The lowest BCUT2D eigenvalue weighted by Crippen LogP contribution is -2.30.